The van der Waals surface area contributed by atoms with E-state index in [-0.39, 0.29) is 11.5 Å². The molecule has 0 bridgehead atoms. The van der Waals surface area contributed by atoms with Gasteiger partial charge in [-0.1, -0.05) is 33.5 Å². The first-order valence-corrected chi connectivity index (χ1v) is 16.5. The zero-order valence-corrected chi connectivity index (χ0v) is 24.5. The van der Waals surface area contributed by atoms with Gasteiger partial charge in [0.25, 0.3) is 5.56 Å². The molecule has 3 aromatic heterocycles. The summed E-state index contributed by atoms with van der Waals surface area (Å²) in [4.78, 5) is 32.0. The Morgan fingerprint density at radius 3 is 2.24 bits per heavy atom. The first kappa shape index (κ1) is 27.7. The Kier molecular flexibility index (Phi) is 7.85. The van der Waals surface area contributed by atoms with Gasteiger partial charge < -0.3 is 23.5 Å². The van der Waals surface area contributed by atoms with Crippen LogP contribution in [0.1, 0.15) is 19.9 Å². The number of ether oxygens (including phenoxy) is 4. The zero-order valence-electron chi connectivity index (χ0n) is 23.5. The molecule has 0 amide bonds. The Bertz CT molecular complexity index is 1550. The Labute approximate surface area is 223 Å². The molecule has 0 N–H and O–H groups in total. The molecule has 0 saturated heterocycles. The second-order valence-electron chi connectivity index (χ2n) is 11.0. The summed E-state index contributed by atoms with van der Waals surface area (Å²) >= 11 is 0. The molecule has 0 unspecified atom stereocenters. The van der Waals surface area contributed by atoms with E-state index in [9.17, 15) is 9.59 Å². The Hall–Kier alpha value is -3.37. The van der Waals surface area contributed by atoms with Crippen molar-refractivity contribution in [2.24, 2.45) is 5.92 Å². The van der Waals surface area contributed by atoms with Gasteiger partial charge in [-0.25, -0.2) is 9.78 Å². The third-order valence-electron chi connectivity index (χ3n) is 6.84. The molecule has 1 aromatic carbocycles. The molecule has 9 nitrogen and oxygen atoms in total. The molecule has 0 spiro atoms. The van der Waals surface area contributed by atoms with Gasteiger partial charge in [-0.05, 0) is 30.2 Å². The molecule has 0 aliphatic rings. The van der Waals surface area contributed by atoms with Gasteiger partial charge in [-0.3, -0.25) is 9.36 Å². The first-order valence-electron chi connectivity index (χ1n) is 12.8. The van der Waals surface area contributed by atoms with Crippen molar-refractivity contribution in [3.05, 3.63) is 40.9 Å². The van der Waals surface area contributed by atoms with Crippen molar-refractivity contribution in [3.63, 3.8) is 0 Å². The standard InChI is InChI=1S/C28H37N3O6Si/c1-17(2)24(28(33)36-5)31-25-18-9-10-30(16-37-11-12-38(6,7)8)26(18)29-15-21(25)19-13-22(34-3)23(35-4)14-20(19)27(31)32/h9-10,13-15,17,24H,11-12,16H2,1-8H3/t24-/m1/s1. The van der Waals surface area contributed by atoms with Crippen LogP contribution in [-0.4, -0.2) is 56.1 Å². The highest BCUT2D eigenvalue weighted by atomic mass is 28.3. The second kappa shape index (κ2) is 10.8. The summed E-state index contributed by atoms with van der Waals surface area (Å²) in [5, 5.41) is 2.54. The number of nitrogens with zero attached hydrogens (tertiary/aromatic N) is 3. The third-order valence-corrected chi connectivity index (χ3v) is 8.55. The molecule has 1 atom stereocenters. The number of pyridine rings is 2. The van der Waals surface area contributed by atoms with E-state index in [4.69, 9.17) is 23.9 Å². The summed E-state index contributed by atoms with van der Waals surface area (Å²) in [6.45, 7) is 11.8. The lowest BCUT2D eigenvalue weighted by Crippen LogP contribution is -2.34. The van der Waals surface area contributed by atoms with E-state index in [1.807, 2.05) is 30.7 Å². The second-order valence-corrected chi connectivity index (χ2v) is 16.7. The smallest absolute Gasteiger partial charge is 0.329 e. The fourth-order valence-electron chi connectivity index (χ4n) is 4.80. The molecule has 10 heteroatoms. The van der Waals surface area contributed by atoms with Crippen LogP contribution in [0, 0.1) is 5.92 Å². The number of benzene rings is 1. The largest absolute Gasteiger partial charge is 0.493 e. The van der Waals surface area contributed by atoms with Crippen LogP contribution in [0.2, 0.25) is 25.7 Å². The van der Waals surface area contributed by atoms with Crippen molar-refractivity contribution >= 4 is 46.8 Å². The highest BCUT2D eigenvalue weighted by molar-refractivity contribution is 6.76. The van der Waals surface area contributed by atoms with Gasteiger partial charge in [0.2, 0.25) is 0 Å². The molecule has 4 rings (SSSR count). The summed E-state index contributed by atoms with van der Waals surface area (Å²) in [6, 6.07) is 5.59. The van der Waals surface area contributed by atoms with Crippen molar-refractivity contribution < 1.29 is 23.7 Å². The van der Waals surface area contributed by atoms with E-state index in [0.717, 1.165) is 16.8 Å². The van der Waals surface area contributed by atoms with Gasteiger partial charge in [0.1, 0.15) is 18.4 Å². The average Bonchev–Trinajstić information content (AvgIpc) is 3.29. The topological polar surface area (TPSA) is 93.8 Å². The van der Waals surface area contributed by atoms with Crippen molar-refractivity contribution in [2.75, 3.05) is 27.9 Å². The van der Waals surface area contributed by atoms with E-state index in [0.29, 0.717) is 46.8 Å². The minimum Gasteiger partial charge on any atom is -0.493 e. The quantitative estimate of drug-likeness (QED) is 0.118. The van der Waals surface area contributed by atoms with Crippen LogP contribution in [0.4, 0.5) is 0 Å². The van der Waals surface area contributed by atoms with Crippen LogP contribution in [0.3, 0.4) is 0 Å². The predicted octanol–water partition coefficient (Wildman–Crippen LogP) is 5.20. The average molecular weight is 540 g/mol. The SMILES string of the molecule is COC(=O)[C@@H](C(C)C)n1c(=O)c2cc(OC)c(OC)cc2c2cnc3c(ccn3COCC[Si](C)(C)C)c21. The number of aromatic nitrogens is 3. The van der Waals surface area contributed by atoms with Gasteiger partial charge in [0, 0.05) is 43.2 Å². The number of esters is 1. The highest BCUT2D eigenvalue weighted by Crippen LogP contribution is 2.37. The fraction of sp³-hybridized carbons (Fsp3) is 0.464. The molecule has 4 aromatic rings. The summed E-state index contributed by atoms with van der Waals surface area (Å²) < 4.78 is 25.6. The lowest BCUT2D eigenvalue weighted by atomic mass is 10.00. The maximum atomic E-state index is 14.1. The number of hydrogen-bond acceptors (Lipinski definition) is 7. The van der Waals surface area contributed by atoms with Crippen LogP contribution in [-0.2, 0) is 21.0 Å². The van der Waals surface area contributed by atoms with Crippen molar-refractivity contribution in [1.29, 1.82) is 0 Å². The van der Waals surface area contributed by atoms with Gasteiger partial charge in [-0.15, -0.1) is 0 Å². The Morgan fingerprint density at radius 2 is 1.66 bits per heavy atom. The number of methoxy groups -OCH3 is 3. The highest BCUT2D eigenvalue weighted by Gasteiger charge is 2.30. The molecule has 0 radical (unpaired) electrons. The summed E-state index contributed by atoms with van der Waals surface area (Å²) in [5.74, 6) is 0.233. The van der Waals surface area contributed by atoms with Crippen LogP contribution < -0.4 is 15.0 Å². The Balaban J connectivity index is 2.03. The molecular weight excluding hydrogens is 502 g/mol. The van der Waals surface area contributed by atoms with E-state index in [2.05, 4.69) is 19.6 Å². The minimum absolute atomic E-state index is 0.212. The van der Waals surface area contributed by atoms with Crippen LogP contribution in [0.25, 0.3) is 32.7 Å². The molecule has 0 aliphatic carbocycles. The number of carbonyl (C=O) groups is 1. The van der Waals surface area contributed by atoms with Crippen molar-refractivity contribution in [1.82, 2.24) is 14.1 Å². The monoisotopic (exact) mass is 539 g/mol. The molecular formula is C28H37N3O6Si. The van der Waals surface area contributed by atoms with Crippen molar-refractivity contribution in [2.45, 2.75) is 52.3 Å². The van der Waals surface area contributed by atoms with E-state index < -0.39 is 20.1 Å². The van der Waals surface area contributed by atoms with Gasteiger partial charge in [-0.2, -0.15) is 0 Å². The summed E-state index contributed by atoms with van der Waals surface area (Å²) in [6.07, 6.45) is 3.65. The number of carbonyl (C=O) groups excluding carboxylic acids is 1. The van der Waals surface area contributed by atoms with Crippen LogP contribution in [0.15, 0.2) is 35.4 Å². The van der Waals surface area contributed by atoms with E-state index in [1.165, 1.54) is 14.2 Å². The molecule has 0 fully saturated rings. The molecule has 3 heterocycles. The molecule has 0 saturated carbocycles. The van der Waals surface area contributed by atoms with Gasteiger partial charge >= 0.3 is 5.97 Å². The van der Waals surface area contributed by atoms with Crippen LogP contribution in [0.5, 0.6) is 11.5 Å². The number of hydrogen-bond donors (Lipinski definition) is 0. The number of fused-ring (bicyclic) bond motifs is 5. The Morgan fingerprint density at radius 1 is 1.00 bits per heavy atom. The molecule has 0 aliphatic heterocycles. The van der Waals surface area contributed by atoms with Crippen LogP contribution >= 0.6 is 0 Å². The normalized spacial score (nSPS) is 13.0. The first-order chi connectivity index (χ1) is 18.0. The fourth-order valence-corrected chi connectivity index (χ4v) is 5.56. The minimum atomic E-state index is -1.21. The maximum absolute atomic E-state index is 14.1. The van der Waals surface area contributed by atoms with E-state index in [1.54, 1.807) is 30.0 Å². The predicted molar refractivity (Wildman–Crippen MR) is 152 cm³/mol. The third kappa shape index (κ3) is 5.02. The summed E-state index contributed by atoms with van der Waals surface area (Å²) in [5.41, 5.74) is 0.972. The lowest BCUT2D eigenvalue weighted by molar-refractivity contribution is -0.145. The maximum Gasteiger partial charge on any atom is 0.329 e. The van der Waals surface area contributed by atoms with E-state index >= 15 is 0 Å². The van der Waals surface area contributed by atoms with Gasteiger partial charge in [0.05, 0.1) is 32.2 Å². The molecule has 204 valence electrons. The zero-order chi connectivity index (χ0) is 27.8. The molecule has 38 heavy (non-hydrogen) atoms. The van der Waals surface area contributed by atoms with Crippen molar-refractivity contribution in [3.8, 4) is 11.5 Å². The summed E-state index contributed by atoms with van der Waals surface area (Å²) in [7, 11) is 3.20. The number of rotatable bonds is 10. The van der Waals surface area contributed by atoms with Gasteiger partial charge in [0.15, 0.2) is 11.5 Å². The lowest BCUT2D eigenvalue weighted by Gasteiger charge is -2.24.